The molecule has 0 saturated carbocycles. The quantitative estimate of drug-likeness (QED) is 0.762. The molecule has 2 nitrogen and oxygen atoms in total. The van der Waals surface area contributed by atoms with Gasteiger partial charge in [-0.15, -0.1) is 0 Å². The van der Waals surface area contributed by atoms with Gasteiger partial charge < -0.3 is 9.32 Å². The van der Waals surface area contributed by atoms with E-state index >= 15 is 0 Å². The van der Waals surface area contributed by atoms with Crippen LogP contribution < -0.4 is 0 Å². The average Bonchev–Trinajstić information content (AvgIpc) is 2.79. The van der Waals surface area contributed by atoms with Crippen molar-refractivity contribution in [1.82, 2.24) is 4.90 Å². The summed E-state index contributed by atoms with van der Waals surface area (Å²) in [6.45, 7) is 2.07. The van der Waals surface area contributed by atoms with Crippen LogP contribution in [0.3, 0.4) is 0 Å². The molecule has 1 aromatic carbocycles. The number of hydrogen-bond donors (Lipinski definition) is 0. The second-order valence-corrected chi connectivity index (χ2v) is 4.95. The summed E-state index contributed by atoms with van der Waals surface area (Å²) in [5.74, 6) is 0. The highest BCUT2D eigenvalue weighted by atomic mass is 35.5. The predicted octanol–water partition coefficient (Wildman–Crippen LogP) is 3.81. The SMILES string of the molecule is CN1CC=C(c2c(Cl)ccc3cocc23)CC1. The Morgan fingerprint density at radius 2 is 2.18 bits per heavy atom. The first-order valence-corrected chi connectivity index (χ1v) is 6.16. The van der Waals surface area contributed by atoms with E-state index in [2.05, 4.69) is 18.0 Å². The number of fused-ring (bicyclic) bond motifs is 1. The second kappa shape index (κ2) is 4.21. The average molecular weight is 248 g/mol. The third-order valence-electron chi connectivity index (χ3n) is 3.34. The van der Waals surface area contributed by atoms with Gasteiger partial charge in [-0.2, -0.15) is 0 Å². The largest absolute Gasteiger partial charge is 0.471 e. The van der Waals surface area contributed by atoms with Crippen molar-refractivity contribution in [2.45, 2.75) is 6.42 Å². The predicted molar refractivity (Wildman–Crippen MR) is 71.3 cm³/mol. The number of benzene rings is 1. The fourth-order valence-corrected chi connectivity index (χ4v) is 2.62. The lowest BCUT2D eigenvalue weighted by atomic mass is 9.96. The highest BCUT2D eigenvalue weighted by Gasteiger charge is 2.15. The Bertz CT molecular complexity index is 585. The molecule has 2 aromatic rings. The number of likely N-dealkylation sites (N-methyl/N-ethyl adjacent to an activating group) is 1. The van der Waals surface area contributed by atoms with E-state index in [-0.39, 0.29) is 0 Å². The Morgan fingerprint density at radius 1 is 1.29 bits per heavy atom. The van der Waals surface area contributed by atoms with Crippen LogP contribution in [0.2, 0.25) is 5.02 Å². The third-order valence-corrected chi connectivity index (χ3v) is 3.66. The van der Waals surface area contributed by atoms with E-state index in [1.165, 1.54) is 5.57 Å². The molecule has 17 heavy (non-hydrogen) atoms. The van der Waals surface area contributed by atoms with E-state index in [4.69, 9.17) is 16.0 Å². The minimum Gasteiger partial charge on any atom is -0.471 e. The summed E-state index contributed by atoms with van der Waals surface area (Å²) in [5.41, 5.74) is 2.48. The van der Waals surface area contributed by atoms with Crippen LogP contribution in [0.25, 0.3) is 16.3 Å². The van der Waals surface area contributed by atoms with Crippen molar-refractivity contribution in [3.63, 3.8) is 0 Å². The summed E-state index contributed by atoms with van der Waals surface area (Å²) in [7, 11) is 2.13. The molecule has 0 saturated heterocycles. The molecule has 0 unspecified atom stereocenters. The van der Waals surface area contributed by atoms with E-state index in [9.17, 15) is 0 Å². The molecule has 0 spiro atoms. The number of furan rings is 1. The molecule has 1 aliphatic heterocycles. The normalized spacial score (nSPS) is 17.4. The van der Waals surface area contributed by atoms with Crippen molar-refractivity contribution in [2.24, 2.45) is 0 Å². The highest BCUT2D eigenvalue weighted by Crippen LogP contribution is 2.35. The topological polar surface area (TPSA) is 16.4 Å². The maximum absolute atomic E-state index is 6.33. The van der Waals surface area contributed by atoms with E-state index in [0.717, 1.165) is 40.9 Å². The monoisotopic (exact) mass is 247 g/mol. The van der Waals surface area contributed by atoms with Gasteiger partial charge in [0, 0.05) is 34.4 Å². The third kappa shape index (κ3) is 1.88. The lowest BCUT2D eigenvalue weighted by Crippen LogP contribution is -2.23. The number of rotatable bonds is 1. The molecule has 1 aromatic heterocycles. The molecule has 2 heterocycles. The Labute approximate surface area is 105 Å². The Hall–Kier alpha value is -1.25. The van der Waals surface area contributed by atoms with Crippen molar-refractivity contribution >= 4 is 27.9 Å². The fraction of sp³-hybridized carbons (Fsp3) is 0.286. The van der Waals surface area contributed by atoms with Gasteiger partial charge in [0.25, 0.3) is 0 Å². The Morgan fingerprint density at radius 3 is 2.94 bits per heavy atom. The Balaban J connectivity index is 2.16. The molecule has 0 atom stereocenters. The van der Waals surface area contributed by atoms with Crippen LogP contribution in [0.1, 0.15) is 12.0 Å². The first kappa shape index (κ1) is 10.9. The van der Waals surface area contributed by atoms with Crippen LogP contribution in [-0.4, -0.2) is 25.0 Å². The number of hydrogen-bond acceptors (Lipinski definition) is 2. The molecule has 0 aliphatic carbocycles. The van der Waals surface area contributed by atoms with Gasteiger partial charge in [-0.25, -0.2) is 0 Å². The first-order valence-electron chi connectivity index (χ1n) is 5.78. The van der Waals surface area contributed by atoms with Crippen molar-refractivity contribution in [3.8, 4) is 0 Å². The zero-order valence-corrected chi connectivity index (χ0v) is 10.5. The highest BCUT2D eigenvalue weighted by molar-refractivity contribution is 6.33. The fourth-order valence-electron chi connectivity index (χ4n) is 2.34. The maximum Gasteiger partial charge on any atom is 0.0987 e. The molecule has 1 aliphatic rings. The van der Waals surface area contributed by atoms with Crippen LogP contribution in [0.15, 0.2) is 35.2 Å². The van der Waals surface area contributed by atoms with Gasteiger partial charge in [0.2, 0.25) is 0 Å². The molecule has 3 heteroatoms. The summed E-state index contributed by atoms with van der Waals surface area (Å²) < 4.78 is 5.28. The van der Waals surface area contributed by atoms with Crippen LogP contribution >= 0.6 is 11.6 Å². The molecule has 0 radical (unpaired) electrons. The zero-order chi connectivity index (χ0) is 11.8. The first-order chi connectivity index (χ1) is 8.25. The lowest BCUT2D eigenvalue weighted by molar-refractivity contribution is 0.370. The summed E-state index contributed by atoms with van der Waals surface area (Å²) in [6.07, 6.45) is 6.86. The summed E-state index contributed by atoms with van der Waals surface area (Å²) in [5, 5.41) is 3.05. The molecule has 3 rings (SSSR count). The van der Waals surface area contributed by atoms with E-state index in [1.807, 2.05) is 12.1 Å². The van der Waals surface area contributed by atoms with Crippen molar-refractivity contribution in [3.05, 3.63) is 41.3 Å². The van der Waals surface area contributed by atoms with Gasteiger partial charge >= 0.3 is 0 Å². The van der Waals surface area contributed by atoms with Gasteiger partial charge in [-0.1, -0.05) is 17.7 Å². The van der Waals surface area contributed by atoms with E-state index < -0.39 is 0 Å². The van der Waals surface area contributed by atoms with Crippen LogP contribution in [0, 0.1) is 0 Å². The molecule has 0 fully saturated rings. The molecule has 0 amide bonds. The minimum atomic E-state index is 0.815. The van der Waals surface area contributed by atoms with Crippen molar-refractivity contribution < 1.29 is 4.42 Å². The maximum atomic E-state index is 6.33. The van der Waals surface area contributed by atoms with Crippen molar-refractivity contribution in [2.75, 3.05) is 20.1 Å². The molecular formula is C14H14ClNO. The van der Waals surface area contributed by atoms with E-state index in [1.54, 1.807) is 12.5 Å². The molecule has 0 bridgehead atoms. The molecule has 88 valence electrons. The number of nitrogens with zero attached hydrogens (tertiary/aromatic N) is 1. The number of halogens is 1. The summed E-state index contributed by atoms with van der Waals surface area (Å²) in [4.78, 5) is 2.30. The smallest absolute Gasteiger partial charge is 0.0987 e. The molecular weight excluding hydrogens is 234 g/mol. The summed E-state index contributed by atoms with van der Waals surface area (Å²) in [6, 6.07) is 3.95. The second-order valence-electron chi connectivity index (χ2n) is 4.54. The van der Waals surface area contributed by atoms with Crippen molar-refractivity contribution in [1.29, 1.82) is 0 Å². The van der Waals surface area contributed by atoms with Gasteiger partial charge in [-0.05, 0) is 31.2 Å². The van der Waals surface area contributed by atoms with Gasteiger partial charge in [0.15, 0.2) is 0 Å². The van der Waals surface area contributed by atoms with Crippen LogP contribution in [0.5, 0.6) is 0 Å². The minimum absolute atomic E-state index is 0.815. The Kier molecular flexibility index (Phi) is 2.69. The van der Waals surface area contributed by atoms with Gasteiger partial charge in [-0.3, -0.25) is 0 Å². The van der Waals surface area contributed by atoms with Crippen LogP contribution in [-0.2, 0) is 0 Å². The van der Waals surface area contributed by atoms with Gasteiger partial charge in [0.05, 0.1) is 12.5 Å². The zero-order valence-electron chi connectivity index (χ0n) is 9.74. The van der Waals surface area contributed by atoms with Gasteiger partial charge in [0.1, 0.15) is 0 Å². The van der Waals surface area contributed by atoms with Crippen LogP contribution in [0.4, 0.5) is 0 Å². The lowest BCUT2D eigenvalue weighted by Gasteiger charge is -2.22. The standard InChI is InChI=1S/C14H14ClNO/c1-16-6-4-10(5-7-16)14-12-9-17-8-11(12)2-3-13(14)15/h2-4,8-9H,5-7H2,1H3. The molecule has 0 N–H and O–H groups in total. The van der Waals surface area contributed by atoms with E-state index in [0.29, 0.717) is 0 Å². The summed E-state index contributed by atoms with van der Waals surface area (Å²) >= 11 is 6.33.